The first-order valence-corrected chi connectivity index (χ1v) is 9.40. The smallest absolute Gasteiger partial charge is 0.251 e. The molecule has 0 unspecified atom stereocenters. The van der Waals surface area contributed by atoms with Gasteiger partial charge in [0.2, 0.25) is 10.0 Å². The first-order valence-electron chi connectivity index (χ1n) is 7.74. The number of aromatic nitrogens is 2. The highest BCUT2D eigenvalue weighted by Gasteiger charge is 2.09. The topological polar surface area (TPSA) is 121 Å². The summed E-state index contributed by atoms with van der Waals surface area (Å²) in [5, 5.41) is 2.73. The summed E-state index contributed by atoms with van der Waals surface area (Å²) in [4.78, 5) is 30.2. The minimum atomic E-state index is -3.34. The summed E-state index contributed by atoms with van der Waals surface area (Å²) in [5.41, 5.74) is 1.21. The lowest BCUT2D eigenvalue weighted by Gasteiger charge is -2.08. The summed E-state index contributed by atoms with van der Waals surface area (Å²) in [6.45, 7) is 3.58. The van der Waals surface area contributed by atoms with E-state index in [1.54, 1.807) is 13.8 Å². The number of amides is 1. The van der Waals surface area contributed by atoms with Crippen molar-refractivity contribution in [1.29, 1.82) is 0 Å². The first-order chi connectivity index (χ1) is 11.8. The Morgan fingerprint density at radius 3 is 2.52 bits per heavy atom. The number of aryl methyl sites for hydroxylation is 1. The third-order valence-corrected chi connectivity index (χ3v) is 4.67. The van der Waals surface area contributed by atoms with E-state index < -0.39 is 10.0 Å². The van der Waals surface area contributed by atoms with Crippen LogP contribution in [0.2, 0.25) is 0 Å². The zero-order chi connectivity index (χ0) is 18.4. The van der Waals surface area contributed by atoms with Crippen molar-refractivity contribution in [2.24, 2.45) is 0 Å². The van der Waals surface area contributed by atoms with Crippen molar-refractivity contribution in [3.8, 4) is 0 Å². The van der Waals surface area contributed by atoms with Gasteiger partial charge >= 0.3 is 0 Å². The van der Waals surface area contributed by atoms with Crippen molar-refractivity contribution in [3.63, 3.8) is 0 Å². The lowest BCUT2D eigenvalue weighted by atomic mass is 10.2. The van der Waals surface area contributed by atoms with Crippen LogP contribution in [0.4, 0.5) is 5.69 Å². The van der Waals surface area contributed by atoms with Crippen molar-refractivity contribution >= 4 is 21.6 Å². The average molecular weight is 364 g/mol. The molecule has 2 rings (SSSR count). The number of sulfonamides is 1. The van der Waals surface area contributed by atoms with Gasteiger partial charge in [-0.05, 0) is 38.1 Å². The number of hydrogen-bond acceptors (Lipinski definition) is 5. The Morgan fingerprint density at radius 2 is 1.92 bits per heavy atom. The fourth-order valence-electron chi connectivity index (χ4n) is 2.10. The zero-order valence-corrected chi connectivity index (χ0v) is 14.8. The molecular weight excluding hydrogens is 344 g/mol. The van der Waals surface area contributed by atoms with Gasteiger partial charge in [0, 0.05) is 36.0 Å². The minimum Gasteiger partial charge on any atom is -0.352 e. The van der Waals surface area contributed by atoms with Crippen LogP contribution < -0.4 is 15.6 Å². The van der Waals surface area contributed by atoms with Gasteiger partial charge in [-0.2, -0.15) is 0 Å². The fourth-order valence-corrected chi connectivity index (χ4v) is 2.74. The zero-order valence-electron chi connectivity index (χ0n) is 14.0. The summed E-state index contributed by atoms with van der Waals surface area (Å²) in [7, 11) is -3.34. The number of carbonyl (C=O) groups is 1. The van der Waals surface area contributed by atoms with Crippen molar-refractivity contribution in [2.75, 3.05) is 17.0 Å². The van der Waals surface area contributed by atoms with Crippen LogP contribution in [0, 0.1) is 6.92 Å². The molecule has 9 heteroatoms. The van der Waals surface area contributed by atoms with Crippen molar-refractivity contribution in [2.45, 2.75) is 20.3 Å². The molecule has 0 fully saturated rings. The molecule has 0 aliphatic rings. The normalized spacial score (nSPS) is 11.1. The predicted molar refractivity (Wildman–Crippen MR) is 95.2 cm³/mol. The van der Waals surface area contributed by atoms with Crippen molar-refractivity contribution in [1.82, 2.24) is 15.3 Å². The Kier molecular flexibility index (Phi) is 5.92. The molecule has 25 heavy (non-hydrogen) atoms. The van der Waals surface area contributed by atoms with E-state index in [1.807, 2.05) is 0 Å². The van der Waals surface area contributed by atoms with Crippen LogP contribution in [0.1, 0.15) is 28.8 Å². The molecule has 0 bridgehead atoms. The van der Waals surface area contributed by atoms with Crippen LogP contribution in [-0.2, 0) is 16.4 Å². The van der Waals surface area contributed by atoms with Gasteiger partial charge in [0.15, 0.2) is 0 Å². The monoisotopic (exact) mass is 364 g/mol. The third-order valence-electron chi connectivity index (χ3n) is 3.37. The van der Waals surface area contributed by atoms with Crippen LogP contribution in [-0.4, -0.2) is 36.6 Å². The minimum absolute atomic E-state index is 0.0235. The number of H-pyrrole nitrogens is 1. The number of anilines is 1. The molecule has 0 saturated heterocycles. The second kappa shape index (κ2) is 7.93. The Morgan fingerprint density at radius 1 is 1.24 bits per heavy atom. The van der Waals surface area contributed by atoms with Crippen molar-refractivity contribution in [3.05, 3.63) is 57.8 Å². The van der Waals surface area contributed by atoms with E-state index in [0.717, 1.165) is 0 Å². The number of nitrogens with zero attached hydrogens (tertiary/aromatic N) is 1. The van der Waals surface area contributed by atoms with E-state index in [-0.39, 0.29) is 17.2 Å². The van der Waals surface area contributed by atoms with Crippen LogP contribution >= 0.6 is 0 Å². The SMILES string of the molecule is CCS(=O)(=O)Nc1ccc(C(=O)NCCc2nc(C)cc(=O)[nH]2)cc1. The maximum absolute atomic E-state index is 12.1. The Labute approximate surface area is 145 Å². The van der Waals surface area contributed by atoms with Crippen LogP contribution in [0.25, 0.3) is 0 Å². The molecule has 0 saturated carbocycles. The van der Waals surface area contributed by atoms with Gasteiger partial charge in [0.1, 0.15) is 5.82 Å². The molecule has 0 aliphatic heterocycles. The van der Waals surface area contributed by atoms with E-state index in [0.29, 0.717) is 35.7 Å². The molecular formula is C16H20N4O4S. The Hall–Kier alpha value is -2.68. The second-order valence-corrected chi connectivity index (χ2v) is 7.43. The van der Waals surface area contributed by atoms with E-state index in [9.17, 15) is 18.0 Å². The van der Waals surface area contributed by atoms with Crippen molar-refractivity contribution < 1.29 is 13.2 Å². The standard InChI is InChI=1S/C16H20N4O4S/c1-3-25(23,24)20-13-6-4-12(5-7-13)16(22)17-9-8-14-18-11(2)10-15(21)19-14/h4-7,10,20H,3,8-9H2,1-2H3,(H,17,22)(H,18,19,21). The molecule has 2 aromatic rings. The quantitative estimate of drug-likeness (QED) is 0.671. The summed E-state index contributed by atoms with van der Waals surface area (Å²) < 4.78 is 25.4. The number of nitrogens with one attached hydrogen (secondary N) is 3. The van der Waals surface area contributed by atoms with Crippen LogP contribution in [0.3, 0.4) is 0 Å². The third kappa shape index (κ3) is 5.71. The fraction of sp³-hybridized carbons (Fsp3) is 0.312. The molecule has 1 amide bonds. The summed E-state index contributed by atoms with van der Waals surface area (Å²) in [5.74, 6) is 0.194. The molecule has 3 N–H and O–H groups in total. The molecule has 1 aromatic carbocycles. The number of hydrogen-bond donors (Lipinski definition) is 3. The van der Waals surface area contributed by atoms with Gasteiger partial charge < -0.3 is 10.3 Å². The van der Waals surface area contributed by atoms with Crippen LogP contribution in [0.5, 0.6) is 0 Å². The lowest BCUT2D eigenvalue weighted by molar-refractivity contribution is 0.0954. The van der Waals surface area contributed by atoms with E-state index in [4.69, 9.17) is 0 Å². The van der Waals surface area contributed by atoms with Crippen LogP contribution in [0.15, 0.2) is 35.1 Å². The van der Waals surface area contributed by atoms with E-state index in [1.165, 1.54) is 30.3 Å². The average Bonchev–Trinajstić information content (AvgIpc) is 2.54. The molecule has 0 aliphatic carbocycles. The van der Waals surface area contributed by atoms with Gasteiger partial charge in [-0.15, -0.1) is 0 Å². The number of benzene rings is 1. The number of rotatable bonds is 7. The van der Waals surface area contributed by atoms with Gasteiger partial charge in [0.05, 0.1) is 5.75 Å². The van der Waals surface area contributed by atoms with Gasteiger partial charge in [-0.25, -0.2) is 13.4 Å². The molecule has 1 heterocycles. The molecule has 0 atom stereocenters. The number of carbonyl (C=O) groups excluding carboxylic acids is 1. The van der Waals surface area contributed by atoms with E-state index in [2.05, 4.69) is 20.0 Å². The highest BCUT2D eigenvalue weighted by atomic mass is 32.2. The maximum atomic E-state index is 12.1. The summed E-state index contributed by atoms with van der Waals surface area (Å²) in [6.07, 6.45) is 0.400. The maximum Gasteiger partial charge on any atom is 0.251 e. The lowest BCUT2D eigenvalue weighted by Crippen LogP contribution is -2.27. The highest BCUT2D eigenvalue weighted by molar-refractivity contribution is 7.92. The molecule has 0 radical (unpaired) electrons. The van der Waals surface area contributed by atoms with E-state index >= 15 is 0 Å². The highest BCUT2D eigenvalue weighted by Crippen LogP contribution is 2.11. The van der Waals surface area contributed by atoms with Gasteiger partial charge in [-0.3, -0.25) is 14.3 Å². The molecule has 0 spiro atoms. The van der Waals surface area contributed by atoms with Gasteiger partial charge in [-0.1, -0.05) is 0 Å². The molecule has 134 valence electrons. The second-order valence-electron chi connectivity index (χ2n) is 5.42. The Bertz CT molecular complexity index is 904. The first kappa shape index (κ1) is 18.7. The summed E-state index contributed by atoms with van der Waals surface area (Å²) in [6, 6.07) is 7.53. The summed E-state index contributed by atoms with van der Waals surface area (Å²) >= 11 is 0. The molecule has 1 aromatic heterocycles. The molecule has 8 nitrogen and oxygen atoms in total. The van der Waals surface area contributed by atoms with Gasteiger partial charge in [0.25, 0.3) is 11.5 Å². The Balaban J connectivity index is 1.91. The predicted octanol–water partition coefficient (Wildman–Crippen LogP) is 0.812. The largest absolute Gasteiger partial charge is 0.352 e. The number of aromatic amines is 1.